The molecule has 1 N–H and O–H groups in total. The van der Waals surface area contributed by atoms with Gasteiger partial charge in [0, 0.05) is 13.6 Å². The second-order valence-electron chi connectivity index (χ2n) is 3.73. The lowest BCUT2D eigenvalue weighted by Gasteiger charge is -2.08. The van der Waals surface area contributed by atoms with Gasteiger partial charge in [0.25, 0.3) is 10.2 Å². The molecule has 5 nitrogen and oxygen atoms in total. The van der Waals surface area contributed by atoms with Crippen molar-refractivity contribution in [3.63, 3.8) is 0 Å². The predicted molar refractivity (Wildman–Crippen MR) is 60.4 cm³/mol. The largest absolute Gasteiger partial charge is 0.497 e. The molecular formula is C10H14N2O3S. The first kappa shape index (κ1) is 11.4. The number of ether oxygens (including phenoxy) is 1. The van der Waals surface area contributed by atoms with Crippen molar-refractivity contribution in [1.29, 1.82) is 0 Å². The summed E-state index contributed by atoms with van der Waals surface area (Å²) in [5.74, 6) is 0.762. The van der Waals surface area contributed by atoms with E-state index in [-0.39, 0.29) is 6.04 Å². The van der Waals surface area contributed by atoms with Gasteiger partial charge < -0.3 is 4.74 Å². The van der Waals surface area contributed by atoms with Crippen molar-refractivity contribution < 1.29 is 13.2 Å². The van der Waals surface area contributed by atoms with Crippen molar-refractivity contribution in [3.8, 4) is 5.75 Å². The summed E-state index contributed by atoms with van der Waals surface area (Å²) >= 11 is 0. The van der Waals surface area contributed by atoms with Crippen molar-refractivity contribution >= 4 is 10.2 Å². The molecule has 16 heavy (non-hydrogen) atoms. The molecule has 0 bridgehead atoms. The Balaban J connectivity index is 2.20. The Morgan fingerprint density at radius 3 is 2.44 bits per heavy atom. The second kappa shape index (κ2) is 4.04. The van der Waals surface area contributed by atoms with Crippen LogP contribution in [-0.2, 0) is 10.2 Å². The van der Waals surface area contributed by atoms with Crippen LogP contribution in [0.25, 0.3) is 0 Å². The lowest BCUT2D eigenvalue weighted by Crippen LogP contribution is -2.25. The molecule has 0 amide bonds. The van der Waals surface area contributed by atoms with Crippen molar-refractivity contribution in [2.24, 2.45) is 0 Å². The van der Waals surface area contributed by atoms with E-state index in [0.29, 0.717) is 6.54 Å². The molecule has 6 heteroatoms. The van der Waals surface area contributed by atoms with Crippen LogP contribution in [0.1, 0.15) is 11.6 Å². The fourth-order valence-electron chi connectivity index (χ4n) is 1.67. The number of nitrogens with one attached hydrogen (secondary N) is 1. The highest BCUT2D eigenvalue weighted by atomic mass is 32.2. The van der Waals surface area contributed by atoms with E-state index in [4.69, 9.17) is 4.74 Å². The Hall–Kier alpha value is -1.11. The van der Waals surface area contributed by atoms with Crippen LogP contribution < -0.4 is 9.46 Å². The molecule has 88 valence electrons. The van der Waals surface area contributed by atoms with Gasteiger partial charge in [-0.25, -0.2) is 0 Å². The van der Waals surface area contributed by atoms with E-state index in [1.54, 1.807) is 14.2 Å². The monoisotopic (exact) mass is 242 g/mol. The van der Waals surface area contributed by atoms with E-state index in [1.807, 2.05) is 24.3 Å². The Morgan fingerprint density at radius 1 is 1.38 bits per heavy atom. The number of benzene rings is 1. The van der Waals surface area contributed by atoms with E-state index in [2.05, 4.69) is 4.72 Å². The van der Waals surface area contributed by atoms with Gasteiger partial charge in [0.05, 0.1) is 13.2 Å². The predicted octanol–water partition coefficient (Wildman–Crippen LogP) is 0.516. The molecule has 1 heterocycles. The van der Waals surface area contributed by atoms with Crippen LogP contribution in [0.3, 0.4) is 0 Å². The maximum absolute atomic E-state index is 11.5. The number of hydrogen-bond acceptors (Lipinski definition) is 3. The van der Waals surface area contributed by atoms with Crippen LogP contribution in [0.5, 0.6) is 5.75 Å². The number of nitrogens with zero attached hydrogens (tertiary/aromatic N) is 1. The Bertz CT molecular complexity index is 469. The highest BCUT2D eigenvalue weighted by Crippen LogP contribution is 2.23. The molecule has 1 atom stereocenters. The summed E-state index contributed by atoms with van der Waals surface area (Å²) < 4.78 is 31.9. The smallest absolute Gasteiger partial charge is 0.279 e. The zero-order valence-corrected chi connectivity index (χ0v) is 9.99. The van der Waals surface area contributed by atoms with Gasteiger partial charge in [0.15, 0.2) is 0 Å². The lowest BCUT2D eigenvalue weighted by molar-refractivity contribution is 0.414. The highest BCUT2D eigenvalue weighted by molar-refractivity contribution is 7.87. The van der Waals surface area contributed by atoms with Crippen molar-refractivity contribution in [3.05, 3.63) is 29.8 Å². The molecule has 1 aliphatic heterocycles. The molecule has 0 saturated carbocycles. The molecule has 2 rings (SSSR count). The standard InChI is InChI=1S/C10H14N2O3S/c1-12-7-10(11-16(12,13)14)8-3-5-9(15-2)6-4-8/h3-6,10-11H,7H2,1-2H3/t10-/m1/s1. The summed E-state index contributed by atoms with van der Waals surface area (Å²) in [6, 6.07) is 7.20. The zero-order valence-electron chi connectivity index (χ0n) is 9.17. The SMILES string of the molecule is COc1ccc([C@H]2CN(C)S(=O)(=O)N2)cc1. The summed E-state index contributed by atoms with van der Waals surface area (Å²) in [6.07, 6.45) is 0. The van der Waals surface area contributed by atoms with E-state index >= 15 is 0 Å². The molecule has 0 unspecified atom stereocenters. The van der Waals surface area contributed by atoms with Gasteiger partial charge in [-0.2, -0.15) is 17.4 Å². The normalized spacial score (nSPS) is 24.5. The van der Waals surface area contributed by atoms with Crippen molar-refractivity contribution in [2.75, 3.05) is 20.7 Å². The third kappa shape index (κ3) is 2.04. The van der Waals surface area contributed by atoms with E-state index in [0.717, 1.165) is 11.3 Å². The first-order chi connectivity index (χ1) is 7.53. The minimum Gasteiger partial charge on any atom is -0.497 e. The van der Waals surface area contributed by atoms with Gasteiger partial charge in [-0.1, -0.05) is 12.1 Å². The second-order valence-corrected chi connectivity index (χ2v) is 5.54. The van der Waals surface area contributed by atoms with E-state index < -0.39 is 10.2 Å². The van der Waals surface area contributed by atoms with Crippen LogP contribution >= 0.6 is 0 Å². The minimum absolute atomic E-state index is 0.180. The third-order valence-corrected chi connectivity index (χ3v) is 4.21. The maximum Gasteiger partial charge on any atom is 0.279 e. The Morgan fingerprint density at radius 2 is 2.00 bits per heavy atom. The molecule has 1 aromatic carbocycles. The minimum atomic E-state index is -3.29. The fourth-order valence-corrected chi connectivity index (χ4v) is 2.77. The molecule has 1 aliphatic rings. The third-order valence-electron chi connectivity index (χ3n) is 2.66. The molecule has 1 saturated heterocycles. The lowest BCUT2D eigenvalue weighted by atomic mass is 10.1. The summed E-state index contributed by atoms with van der Waals surface area (Å²) in [5, 5.41) is 0. The van der Waals surface area contributed by atoms with Gasteiger partial charge in [0.1, 0.15) is 5.75 Å². The molecule has 1 fully saturated rings. The highest BCUT2D eigenvalue weighted by Gasteiger charge is 2.32. The fraction of sp³-hybridized carbons (Fsp3) is 0.400. The zero-order chi connectivity index (χ0) is 11.8. The van der Waals surface area contributed by atoms with Gasteiger partial charge in [-0.3, -0.25) is 0 Å². The number of likely N-dealkylation sites (N-methyl/N-ethyl adjacent to an activating group) is 1. The first-order valence-corrected chi connectivity index (χ1v) is 6.34. The average Bonchev–Trinajstić information content (AvgIpc) is 2.54. The van der Waals surface area contributed by atoms with Crippen LogP contribution in [-0.4, -0.2) is 33.4 Å². The summed E-state index contributed by atoms with van der Waals surface area (Å²) in [4.78, 5) is 0. The van der Waals surface area contributed by atoms with Gasteiger partial charge >= 0.3 is 0 Å². The van der Waals surface area contributed by atoms with E-state index in [9.17, 15) is 8.42 Å². The summed E-state index contributed by atoms with van der Waals surface area (Å²) in [7, 11) is -0.126. The van der Waals surface area contributed by atoms with Crippen molar-refractivity contribution in [1.82, 2.24) is 9.03 Å². The Kier molecular flexibility index (Phi) is 2.88. The molecule has 1 aromatic rings. The molecule has 0 spiro atoms. The van der Waals surface area contributed by atoms with Crippen LogP contribution in [0.15, 0.2) is 24.3 Å². The van der Waals surface area contributed by atoms with Crippen molar-refractivity contribution in [2.45, 2.75) is 6.04 Å². The quantitative estimate of drug-likeness (QED) is 0.822. The number of rotatable bonds is 2. The molecule has 0 aromatic heterocycles. The Labute approximate surface area is 95.2 Å². The first-order valence-electron chi connectivity index (χ1n) is 4.90. The molecule has 0 aliphatic carbocycles. The molecular weight excluding hydrogens is 228 g/mol. The average molecular weight is 242 g/mol. The van der Waals surface area contributed by atoms with Gasteiger partial charge in [-0.15, -0.1) is 0 Å². The van der Waals surface area contributed by atoms with E-state index in [1.165, 1.54) is 4.31 Å². The topological polar surface area (TPSA) is 58.6 Å². The van der Waals surface area contributed by atoms with Crippen LogP contribution in [0.2, 0.25) is 0 Å². The summed E-state index contributed by atoms with van der Waals surface area (Å²) in [6.45, 7) is 0.453. The van der Waals surface area contributed by atoms with Crippen LogP contribution in [0, 0.1) is 0 Å². The number of methoxy groups -OCH3 is 1. The number of hydrogen-bond donors (Lipinski definition) is 1. The van der Waals surface area contributed by atoms with Gasteiger partial charge in [-0.05, 0) is 17.7 Å². The summed E-state index contributed by atoms with van der Waals surface area (Å²) in [5.41, 5.74) is 0.939. The van der Waals surface area contributed by atoms with Gasteiger partial charge in [0.2, 0.25) is 0 Å². The molecule has 0 radical (unpaired) electrons. The maximum atomic E-state index is 11.5. The van der Waals surface area contributed by atoms with Crippen LogP contribution in [0.4, 0.5) is 0 Å².